The zero-order valence-electron chi connectivity index (χ0n) is 13.9. The van der Waals surface area contributed by atoms with Crippen LogP contribution in [-0.2, 0) is 19.5 Å². The summed E-state index contributed by atoms with van der Waals surface area (Å²) in [6.45, 7) is 0. The van der Waals surface area contributed by atoms with Crippen LogP contribution in [0.2, 0.25) is 0 Å². The Morgan fingerprint density at radius 3 is 0.950 bits per heavy atom. The summed E-state index contributed by atoms with van der Waals surface area (Å²) in [6.07, 6.45) is 0. The molecule has 0 fully saturated rings. The Labute approximate surface area is 138 Å². The predicted molar refractivity (Wildman–Crippen MR) is 88.5 cm³/mol. The normalized spacial score (nSPS) is 10.1. The summed E-state index contributed by atoms with van der Waals surface area (Å²) in [5, 5.41) is 4.19. The smallest absolute Gasteiger partial charge is 1.00 e. The third-order valence-corrected chi connectivity index (χ3v) is 5.49. The summed E-state index contributed by atoms with van der Waals surface area (Å²) < 4.78 is 0. The standard InChI is InChI=1S/C18H15P.Rh.3H/c1-4-10-16(11-5-1)19(17-12-6-2-7-13-17)18-14-8-3-9-15-18;;;;/h1-15H;;;;/q;+3;3*-1. The van der Waals surface area contributed by atoms with E-state index < -0.39 is 7.92 Å². The monoisotopic (exact) mass is 368 g/mol. The molecule has 3 aromatic rings. The SMILES string of the molecule is [H-].[H-].[H-].[Rh+3].c1ccc(P(c2ccccc2)c2ccccc2)cc1. The van der Waals surface area contributed by atoms with Crippen molar-refractivity contribution in [3.8, 4) is 0 Å². The molecule has 0 saturated carbocycles. The second-order valence-electron chi connectivity index (χ2n) is 4.34. The molecule has 0 unspecified atom stereocenters. The molecule has 0 saturated heterocycles. The average Bonchev–Trinajstić information content (AvgIpc) is 2.51. The van der Waals surface area contributed by atoms with Crippen LogP contribution in [0.4, 0.5) is 0 Å². The van der Waals surface area contributed by atoms with Crippen LogP contribution in [-0.4, -0.2) is 0 Å². The third kappa shape index (κ3) is 3.42. The molecule has 0 aliphatic rings. The van der Waals surface area contributed by atoms with Gasteiger partial charge in [-0.2, -0.15) is 0 Å². The minimum Gasteiger partial charge on any atom is -1.00 e. The molecular formula is C18H18PRh. The Bertz CT molecular complexity index is 542. The van der Waals surface area contributed by atoms with Crippen LogP contribution in [0.1, 0.15) is 4.28 Å². The van der Waals surface area contributed by atoms with Crippen LogP contribution in [0.25, 0.3) is 0 Å². The van der Waals surface area contributed by atoms with Gasteiger partial charge in [-0.05, 0) is 23.8 Å². The quantitative estimate of drug-likeness (QED) is 0.488. The molecule has 3 aromatic carbocycles. The maximum absolute atomic E-state index is 2.23. The van der Waals surface area contributed by atoms with Gasteiger partial charge in [-0.3, -0.25) is 0 Å². The number of benzene rings is 3. The molecule has 0 aliphatic heterocycles. The Kier molecular flexibility index (Phi) is 5.65. The van der Waals surface area contributed by atoms with Crippen LogP contribution >= 0.6 is 7.92 Å². The molecule has 0 spiro atoms. The van der Waals surface area contributed by atoms with Gasteiger partial charge in [0, 0.05) is 0 Å². The van der Waals surface area contributed by atoms with E-state index in [1.807, 2.05) is 0 Å². The van der Waals surface area contributed by atoms with Gasteiger partial charge in [-0.1, -0.05) is 91.0 Å². The summed E-state index contributed by atoms with van der Waals surface area (Å²) in [5.74, 6) is 0. The van der Waals surface area contributed by atoms with E-state index in [-0.39, 0.29) is 23.8 Å². The van der Waals surface area contributed by atoms with E-state index in [4.69, 9.17) is 0 Å². The number of rotatable bonds is 3. The van der Waals surface area contributed by atoms with Gasteiger partial charge in [0.2, 0.25) is 0 Å². The second-order valence-corrected chi connectivity index (χ2v) is 6.56. The Morgan fingerprint density at radius 2 is 0.700 bits per heavy atom. The number of hydrogen-bond acceptors (Lipinski definition) is 0. The molecule has 0 heterocycles. The van der Waals surface area contributed by atoms with E-state index in [9.17, 15) is 0 Å². The van der Waals surface area contributed by atoms with Crippen LogP contribution in [0, 0.1) is 0 Å². The van der Waals surface area contributed by atoms with Crippen LogP contribution in [0.3, 0.4) is 0 Å². The molecule has 0 aromatic heterocycles. The Hall–Kier alpha value is -1.29. The van der Waals surface area contributed by atoms with Crippen molar-refractivity contribution in [3.63, 3.8) is 0 Å². The first-order valence-corrected chi connectivity index (χ1v) is 7.74. The molecule has 0 nitrogen and oxygen atoms in total. The predicted octanol–water partition coefficient (Wildman–Crippen LogP) is 3.78. The maximum atomic E-state index is 2.23. The minimum atomic E-state index is -0.446. The summed E-state index contributed by atoms with van der Waals surface area (Å²) in [5.41, 5.74) is 0. The van der Waals surface area contributed by atoms with Gasteiger partial charge >= 0.3 is 19.5 Å². The molecule has 2 heteroatoms. The van der Waals surface area contributed by atoms with Crippen molar-refractivity contribution in [2.24, 2.45) is 0 Å². The van der Waals surface area contributed by atoms with E-state index in [1.165, 1.54) is 15.9 Å². The molecule has 0 bridgehead atoms. The van der Waals surface area contributed by atoms with Gasteiger partial charge in [0.25, 0.3) is 0 Å². The molecular weight excluding hydrogens is 350 g/mol. The van der Waals surface area contributed by atoms with Crippen molar-refractivity contribution in [1.29, 1.82) is 0 Å². The van der Waals surface area contributed by atoms with Crippen molar-refractivity contribution in [1.82, 2.24) is 0 Å². The summed E-state index contributed by atoms with van der Waals surface area (Å²) in [7, 11) is -0.446. The van der Waals surface area contributed by atoms with Crippen molar-refractivity contribution in [2.75, 3.05) is 0 Å². The van der Waals surface area contributed by atoms with E-state index in [0.717, 1.165) is 0 Å². The van der Waals surface area contributed by atoms with Crippen molar-refractivity contribution in [2.45, 2.75) is 0 Å². The third-order valence-electron chi connectivity index (χ3n) is 3.04. The van der Waals surface area contributed by atoms with Gasteiger partial charge in [-0.25, -0.2) is 0 Å². The summed E-state index contributed by atoms with van der Waals surface area (Å²) in [4.78, 5) is 0. The molecule has 104 valence electrons. The minimum absolute atomic E-state index is 0. The van der Waals surface area contributed by atoms with Crippen LogP contribution < -0.4 is 15.9 Å². The fourth-order valence-electron chi connectivity index (χ4n) is 2.18. The van der Waals surface area contributed by atoms with Gasteiger partial charge < -0.3 is 4.28 Å². The van der Waals surface area contributed by atoms with E-state index in [1.54, 1.807) is 0 Å². The van der Waals surface area contributed by atoms with E-state index in [2.05, 4.69) is 91.0 Å². The van der Waals surface area contributed by atoms with E-state index in [0.29, 0.717) is 0 Å². The van der Waals surface area contributed by atoms with Gasteiger partial charge in [0.05, 0.1) is 0 Å². The summed E-state index contributed by atoms with van der Waals surface area (Å²) in [6, 6.07) is 32.3. The first-order valence-electron chi connectivity index (χ1n) is 6.40. The van der Waals surface area contributed by atoms with Gasteiger partial charge in [-0.15, -0.1) is 0 Å². The van der Waals surface area contributed by atoms with Gasteiger partial charge in [0.1, 0.15) is 0 Å². The van der Waals surface area contributed by atoms with Gasteiger partial charge in [0.15, 0.2) is 0 Å². The first-order chi connectivity index (χ1) is 9.45. The largest absolute Gasteiger partial charge is 3.00 e. The topological polar surface area (TPSA) is 0 Å². The van der Waals surface area contributed by atoms with Crippen LogP contribution in [0.5, 0.6) is 0 Å². The average molecular weight is 368 g/mol. The molecule has 0 radical (unpaired) electrons. The number of hydrogen-bond donors (Lipinski definition) is 0. The maximum Gasteiger partial charge on any atom is 3.00 e. The zero-order chi connectivity index (χ0) is 12.9. The first kappa shape index (κ1) is 15.1. The molecule has 3 rings (SSSR count). The van der Waals surface area contributed by atoms with Crippen molar-refractivity contribution in [3.05, 3.63) is 91.0 Å². The molecule has 0 N–H and O–H groups in total. The fraction of sp³-hybridized carbons (Fsp3) is 0. The van der Waals surface area contributed by atoms with Crippen LogP contribution in [0.15, 0.2) is 91.0 Å². The van der Waals surface area contributed by atoms with E-state index >= 15 is 0 Å². The zero-order valence-corrected chi connectivity index (χ0v) is 13.5. The summed E-state index contributed by atoms with van der Waals surface area (Å²) >= 11 is 0. The molecule has 0 aliphatic carbocycles. The molecule has 20 heavy (non-hydrogen) atoms. The Balaban J connectivity index is 0. The second kappa shape index (κ2) is 7.48. The fourth-order valence-corrected chi connectivity index (χ4v) is 4.48. The molecule has 0 atom stereocenters. The molecule has 0 amide bonds. The van der Waals surface area contributed by atoms with Crippen molar-refractivity contribution >= 4 is 23.8 Å². The van der Waals surface area contributed by atoms with Crippen molar-refractivity contribution < 1.29 is 23.8 Å². The Morgan fingerprint density at radius 1 is 0.450 bits per heavy atom.